The number of urea groups is 1. The van der Waals surface area contributed by atoms with Crippen molar-refractivity contribution in [3.63, 3.8) is 0 Å². The Morgan fingerprint density at radius 2 is 1.88 bits per heavy atom. The monoisotopic (exact) mass is 327 g/mol. The number of nitrogens with one attached hydrogen (secondary N) is 2. The van der Waals surface area contributed by atoms with Gasteiger partial charge in [-0.3, -0.25) is 4.90 Å². The molecule has 2 heterocycles. The first-order chi connectivity index (χ1) is 11.5. The normalized spacial score (nSPS) is 30.1. The number of amides is 2. The van der Waals surface area contributed by atoms with E-state index in [0.29, 0.717) is 0 Å². The third kappa shape index (κ3) is 2.13. The quantitative estimate of drug-likeness (QED) is 0.886. The molecule has 4 rings (SSSR count). The minimum Gasteiger partial charge on any atom is -0.336 e. The van der Waals surface area contributed by atoms with E-state index in [1.165, 1.54) is 5.52 Å². The van der Waals surface area contributed by atoms with Gasteiger partial charge in [0.15, 0.2) is 0 Å². The Morgan fingerprint density at radius 1 is 1.17 bits per heavy atom. The molecule has 1 aliphatic heterocycles. The number of carbonyl (C=O) groups is 1. The van der Waals surface area contributed by atoms with Crippen molar-refractivity contribution in [3.05, 3.63) is 30.1 Å². The number of carbonyl (C=O) groups excluding carboxylic acids is 1. The van der Waals surface area contributed by atoms with Crippen molar-refractivity contribution in [2.24, 2.45) is 7.05 Å². The van der Waals surface area contributed by atoms with Crippen LogP contribution >= 0.6 is 0 Å². The number of nitrogens with zero attached hydrogens (tertiary/aromatic N) is 3. The van der Waals surface area contributed by atoms with Crippen molar-refractivity contribution >= 4 is 17.1 Å². The van der Waals surface area contributed by atoms with Crippen LogP contribution in [0.2, 0.25) is 0 Å². The molecular weight excluding hydrogens is 302 g/mol. The highest BCUT2D eigenvalue weighted by molar-refractivity contribution is 5.78. The van der Waals surface area contributed by atoms with E-state index < -0.39 is 0 Å². The van der Waals surface area contributed by atoms with E-state index in [1.54, 1.807) is 0 Å². The van der Waals surface area contributed by atoms with Crippen LogP contribution in [0, 0.1) is 0 Å². The summed E-state index contributed by atoms with van der Waals surface area (Å²) in [4.78, 5) is 18.9. The van der Waals surface area contributed by atoms with Crippen LogP contribution in [0.25, 0.3) is 11.0 Å². The van der Waals surface area contributed by atoms with Crippen LogP contribution in [0.4, 0.5) is 4.79 Å². The van der Waals surface area contributed by atoms with Gasteiger partial charge in [0.25, 0.3) is 0 Å². The molecule has 24 heavy (non-hydrogen) atoms. The summed E-state index contributed by atoms with van der Waals surface area (Å²) >= 11 is 0. The Kier molecular flexibility index (Phi) is 3.35. The van der Waals surface area contributed by atoms with Crippen molar-refractivity contribution < 1.29 is 4.79 Å². The van der Waals surface area contributed by atoms with E-state index in [4.69, 9.17) is 4.98 Å². The Balaban J connectivity index is 1.72. The molecule has 1 saturated heterocycles. The highest BCUT2D eigenvalue weighted by Gasteiger charge is 2.49. The third-order valence-corrected chi connectivity index (χ3v) is 6.06. The largest absolute Gasteiger partial charge is 0.336 e. The van der Waals surface area contributed by atoms with Gasteiger partial charge < -0.3 is 15.2 Å². The fraction of sp³-hybridized carbons (Fsp3) is 0.556. The lowest BCUT2D eigenvalue weighted by atomic mass is 9.71. The van der Waals surface area contributed by atoms with Gasteiger partial charge in [0.2, 0.25) is 0 Å². The second-order valence-corrected chi connectivity index (χ2v) is 7.50. The molecule has 0 radical (unpaired) electrons. The molecule has 2 fully saturated rings. The van der Waals surface area contributed by atoms with Crippen molar-refractivity contribution in [1.29, 1.82) is 0 Å². The van der Waals surface area contributed by atoms with Crippen LogP contribution in [-0.4, -0.2) is 46.7 Å². The van der Waals surface area contributed by atoms with Gasteiger partial charge in [-0.05, 0) is 51.9 Å². The zero-order valence-electron chi connectivity index (χ0n) is 14.6. The lowest BCUT2D eigenvalue weighted by Crippen LogP contribution is -2.54. The topological polar surface area (TPSA) is 62.2 Å². The fourth-order valence-electron chi connectivity index (χ4n) is 4.46. The number of hydrogen-bond acceptors (Lipinski definition) is 3. The number of benzene rings is 1. The van der Waals surface area contributed by atoms with Gasteiger partial charge in [-0.15, -0.1) is 0 Å². The molecule has 1 aromatic carbocycles. The lowest BCUT2D eigenvalue weighted by molar-refractivity contribution is 0.0554. The van der Waals surface area contributed by atoms with Crippen LogP contribution < -0.4 is 10.6 Å². The van der Waals surface area contributed by atoms with Gasteiger partial charge in [0.1, 0.15) is 5.82 Å². The Hall–Kier alpha value is -2.08. The summed E-state index contributed by atoms with van der Waals surface area (Å²) in [6.45, 7) is 0.734. The standard InChI is InChI=1S/C18H25N5O/c1-22(2)18(10-8-17(9-11-18)12-19-16(24)21-17)15-20-13-6-4-5-7-14(13)23(15)3/h4-7H,8-12H2,1-3H3,(H2,19,21,24)/t17-,18+. The van der Waals surface area contributed by atoms with Gasteiger partial charge in [-0.2, -0.15) is 0 Å². The predicted octanol–water partition coefficient (Wildman–Crippen LogP) is 1.96. The summed E-state index contributed by atoms with van der Waals surface area (Å²) in [5.41, 5.74) is 2.05. The summed E-state index contributed by atoms with van der Waals surface area (Å²) in [5, 5.41) is 6.07. The number of fused-ring (bicyclic) bond motifs is 1. The maximum atomic E-state index is 11.6. The maximum absolute atomic E-state index is 11.6. The second-order valence-electron chi connectivity index (χ2n) is 7.50. The average molecular weight is 327 g/mol. The molecule has 6 heteroatoms. The van der Waals surface area contributed by atoms with Crippen LogP contribution in [0.1, 0.15) is 31.5 Å². The zero-order valence-corrected chi connectivity index (χ0v) is 14.6. The van der Waals surface area contributed by atoms with Crippen molar-refractivity contribution in [1.82, 2.24) is 25.1 Å². The van der Waals surface area contributed by atoms with E-state index in [-0.39, 0.29) is 17.1 Å². The van der Waals surface area contributed by atoms with Gasteiger partial charge in [-0.25, -0.2) is 9.78 Å². The molecule has 2 N–H and O–H groups in total. The number of para-hydroxylation sites is 2. The molecule has 1 aliphatic carbocycles. The van der Waals surface area contributed by atoms with Crippen molar-refractivity contribution in [2.45, 2.75) is 36.8 Å². The van der Waals surface area contributed by atoms with E-state index in [9.17, 15) is 4.79 Å². The summed E-state index contributed by atoms with van der Waals surface area (Å²) in [6, 6.07) is 8.27. The SMILES string of the molecule is Cn1c2ccccc2nc1[C@]1(N(C)C)CC[C@@]2(CC1)CNC(=O)N2. The highest BCUT2D eigenvalue weighted by Crippen LogP contribution is 2.45. The third-order valence-electron chi connectivity index (χ3n) is 6.06. The number of hydrogen-bond donors (Lipinski definition) is 2. The zero-order chi connectivity index (χ0) is 16.9. The molecule has 0 unspecified atom stereocenters. The van der Waals surface area contributed by atoms with Gasteiger partial charge >= 0.3 is 6.03 Å². The summed E-state index contributed by atoms with van der Waals surface area (Å²) in [6.07, 6.45) is 3.90. The molecule has 2 amide bonds. The van der Waals surface area contributed by atoms with Gasteiger partial charge in [-0.1, -0.05) is 12.1 Å². The first-order valence-corrected chi connectivity index (χ1v) is 8.61. The number of aryl methyl sites for hydroxylation is 1. The molecule has 2 aromatic rings. The van der Waals surface area contributed by atoms with Crippen LogP contribution in [0.3, 0.4) is 0 Å². The fourth-order valence-corrected chi connectivity index (χ4v) is 4.46. The molecule has 1 spiro atoms. The lowest BCUT2D eigenvalue weighted by Gasteiger charge is -2.47. The van der Waals surface area contributed by atoms with Crippen LogP contribution in [-0.2, 0) is 12.6 Å². The highest BCUT2D eigenvalue weighted by atomic mass is 16.2. The molecule has 0 atom stereocenters. The maximum Gasteiger partial charge on any atom is 0.315 e. The molecule has 0 bridgehead atoms. The predicted molar refractivity (Wildman–Crippen MR) is 93.8 cm³/mol. The Labute approximate surface area is 142 Å². The molecule has 1 saturated carbocycles. The van der Waals surface area contributed by atoms with Crippen molar-refractivity contribution in [2.75, 3.05) is 20.6 Å². The van der Waals surface area contributed by atoms with Crippen LogP contribution in [0.15, 0.2) is 24.3 Å². The second kappa shape index (κ2) is 5.21. The number of imidazole rings is 1. The summed E-state index contributed by atoms with van der Waals surface area (Å²) in [5.74, 6) is 1.13. The van der Waals surface area contributed by atoms with E-state index in [0.717, 1.165) is 43.6 Å². The smallest absolute Gasteiger partial charge is 0.315 e. The summed E-state index contributed by atoms with van der Waals surface area (Å²) < 4.78 is 2.23. The first-order valence-electron chi connectivity index (χ1n) is 8.61. The van der Waals surface area contributed by atoms with E-state index in [1.807, 2.05) is 6.07 Å². The Morgan fingerprint density at radius 3 is 2.46 bits per heavy atom. The Bertz CT molecular complexity index is 786. The molecular formula is C18H25N5O. The van der Waals surface area contributed by atoms with Gasteiger partial charge in [0, 0.05) is 13.6 Å². The number of aromatic nitrogens is 2. The molecule has 2 aliphatic rings. The number of rotatable bonds is 2. The minimum absolute atomic E-state index is 0.0323. The molecule has 128 valence electrons. The average Bonchev–Trinajstić information content (AvgIpc) is 3.10. The van der Waals surface area contributed by atoms with Crippen LogP contribution in [0.5, 0.6) is 0 Å². The molecule has 6 nitrogen and oxygen atoms in total. The van der Waals surface area contributed by atoms with Gasteiger partial charge in [0.05, 0.1) is 22.1 Å². The summed E-state index contributed by atoms with van der Waals surface area (Å²) in [7, 11) is 6.39. The minimum atomic E-state index is -0.0909. The first kappa shape index (κ1) is 15.4. The molecule has 1 aromatic heterocycles. The van der Waals surface area contributed by atoms with Crippen molar-refractivity contribution in [3.8, 4) is 0 Å². The van der Waals surface area contributed by atoms with E-state index >= 15 is 0 Å². The van der Waals surface area contributed by atoms with E-state index in [2.05, 4.69) is 59.4 Å².